The van der Waals surface area contributed by atoms with E-state index in [9.17, 15) is 14.7 Å². The second-order valence-electron chi connectivity index (χ2n) is 11.3. The van der Waals surface area contributed by atoms with Gasteiger partial charge in [-0.2, -0.15) is 0 Å². The normalized spacial score (nSPS) is 22.9. The molecule has 0 unspecified atom stereocenters. The molecule has 4 atom stereocenters. The molecule has 6 rings (SSSR count). The third-order valence-electron chi connectivity index (χ3n) is 8.25. The maximum atomic E-state index is 12.9. The molecule has 42 heavy (non-hydrogen) atoms. The van der Waals surface area contributed by atoms with Crippen molar-refractivity contribution in [2.24, 2.45) is 0 Å². The van der Waals surface area contributed by atoms with Crippen molar-refractivity contribution >= 4 is 17.6 Å². The van der Waals surface area contributed by atoms with Crippen LogP contribution < -0.4 is 25.4 Å². The summed E-state index contributed by atoms with van der Waals surface area (Å²) < 4.78 is 18.1. The number of hydrogen-bond donors (Lipinski definition) is 4. The lowest BCUT2D eigenvalue weighted by molar-refractivity contribution is -0.142. The van der Waals surface area contributed by atoms with Gasteiger partial charge in [-0.3, -0.25) is 4.79 Å². The maximum Gasteiger partial charge on any atom is 0.319 e. The van der Waals surface area contributed by atoms with E-state index in [1.807, 2.05) is 72.8 Å². The first-order chi connectivity index (χ1) is 20.5. The van der Waals surface area contributed by atoms with E-state index in [0.29, 0.717) is 18.7 Å². The molecule has 2 aliphatic heterocycles. The Balaban J connectivity index is 1.03. The number of aliphatic hydroxyl groups excluding tert-OH is 1. The number of carbonyl (C=O) groups excluding carboxylic acids is 2. The Morgan fingerprint density at radius 1 is 0.952 bits per heavy atom. The number of nitrogens with one attached hydrogen (secondary N) is 3. The smallest absolute Gasteiger partial charge is 0.319 e. The Morgan fingerprint density at radius 2 is 1.71 bits per heavy atom. The minimum Gasteiger partial charge on any atom is -0.487 e. The molecular weight excluding hydrogens is 534 g/mol. The van der Waals surface area contributed by atoms with Crippen molar-refractivity contribution in [1.29, 1.82) is 0 Å². The molecule has 1 saturated heterocycles. The molecule has 3 aliphatic rings. The fourth-order valence-corrected chi connectivity index (χ4v) is 6.17. The van der Waals surface area contributed by atoms with E-state index in [2.05, 4.69) is 16.0 Å². The molecule has 3 amide bonds. The van der Waals surface area contributed by atoms with Crippen LogP contribution in [0.1, 0.15) is 55.6 Å². The Hall–Kier alpha value is -4.08. The van der Waals surface area contributed by atoms with Crippen LogP contribution in [-0.2, 0) is 16.1 Å². The van der Waals surface area contributed by atoms with Crippen molar-refractivity contribution in [2.75, 3.05) is 11.9 Å². The van der Waals surface area contributed by atoms with E-state index in [1.54, 1.807) is 0 Å². The number of carbonyl (C=O) groups is 2. The molecule has 9 heteroatoms. The average Bonchev–Trinajstić information content (AvgIpc) is 3.64. The molecule has 3 aromatic carbocycles. The quantitative estimate of drug-likeness (QED) is 0.279. The van der Waals surface area contributed by atoms with Crippen LogP contribution in [0.5, 0.6) is 17.2 Å². The van der Waals surface area contributed by atoms with Crippen molar-refractivity contribution in [3.05, 3.63) is 83.9 Å². The monoisotopic (exact) mass is 571 g/mol. The highest BCUT2D eigenvalue weighted by Crippen LogP contribution is 2.47. The van der Waals surface area contributed by atoms with E-state index in [1.165, 1.54) is 0 Å². The Morgan fingerprint density at radius 3 is 2.48 bits per heavy atom. The zero-order valence-corrected chi connectivity index (χ0v) is 23.5. The number of aliphatic hydroxyl groups is 1. The highest BCUT2D eigenvalue weighted by atomic mass is 16.6. The highest BCUT2D eigenvalue weighted by molar-refractivity contribution is 5.89. The number of para-hydroxylation sites is 1. The summed E-state index contributed by atoms with van der Waals surface area (Å²) in [6.07, 6.45) is 3.81. The minimum atomic E-state index is -0.548. The van der Waals surface area contributed by atoms with E-state index < -0.39 is 6.10 Å². The minimum absolute atomic E-state index is 0.0551. The molecule has 1 aliphatic carbocycles. The van der Waals surface area contributed by atoms with Crippen LogP contribution in [-0.4, -0.2) is 48.0 Å². The summed E-state index contributed by atoms with van der Waals surface area (Å²) in [6, 6.07) is 22.8. The second-order valence-corrected chi connectivity index (χ2v) is 11.3. The van der Waals surface area contributed by atoms with Crippen LogP contribution in [0.3, 0.4) is 0 Å². The molecule has 9 nitrogen and oxygen atoms in total. The topological polar surface area (TPSA) is 118 Å². The number of ether oxygens (including phenoxy) is 3. The molecular formula is C33H37N3O6. The molecule has 0 radical (unpaired) electrons. The van der Waals surface area contributed by atoms with Crippen LogP contribution in [0.25, 0.3) is 0 Å². The van der Waals surface area contributed by atoms with Crippen molar-refractivity contribution in [1.82, 2.24) is 10.6 Å². The van der Waals surface area contributed by atoms with Gasteiger partial charge in [0.05, 0.1) is 19.1 Å². The lowest BCUT2D eigenvalue weighted by Gasteiger charge is -2.37. The molecule has 1 saturated carbocycles. The Bertz CT molecular complexity index is 1380. The fraction of sp³-hybridized carbons (Fsp3) is 0.394. The summed E-state index contributed by atoms with van der Waals surface area (Å²) in [7, 11) is 0. The molecule has 2 fully saturated rings. The zero-order chi connectivity index (χ0) is 28.9. The van der Waals surface area contributed by atoms with E-state index in [4.69, 9.17) is 14.2 Å². The van der Waals surface area contributed by atoms with Gasteiger partial charge in [-0.05, 0) is 67.3 Å². The fourth-order valence-electron chi connectivity index (χ4n) is 6.17. The van der Waals surface area contributed by atoms with Crippen LogP contribution in [0, 0.1) is 0 Å². The SMILES string of the molecule is O=C(C[C@H]1C[C@@H]2c3cc(NC(=O)NC4CCCC4)ccc3O[C@@H]2[C@H](CO)O1)NCc1ccc(Oc2ccccc2)cc1. The van der Waals surface area contributed by atoms with Crippen LogP contribution >= 0.6 is 0 Å². The number of fused-ring (bicyclic) bond motifs is 3. The summed E-state index contributed by atoms with van der Waals surface area (Å²) in [6.45, 7) is 0.177. The third kappa shape index (κ3) is 6.69. The largest absolute Gasteiger partial charge is 0.487 e. The number of urea groups is 1. The van der Waals surface area contributed by atoms with Crippen molar-refractivity contribution < 1.29 is 28.9 Å². The van der Waals surface area contributed by atoms with Gasteiger partial charge in [0.2, 0.25) is 5.91 Å². The summed E-state index contributed by atoms with van der Waals surface area (Å²) in [5.41, 5.74) is 2.61. The molecule has 4 N–H and O–H groups in total. The standard InChI is InChI=1S/C33H37N3O6/c37-20-30-32-28(27-16-23(12-15-29(27)42-32)36-33(39)35-22-6-4-5-7-22)17-26(41-30)18-31(38)34-19-21-10-13-25(14-11-21)40-24-8-2-1-3-9-24/h1-3,8-16,22,26,28,30,32,37H,4-7,17-20H2,(H,34,38)(H2,35,36,39)/t26-,28-,30+,32+/m1/s1. The highest BCUT2D eigenvalue weighted by Gasteiger charge is 2.46. The Labute approximate surface area is 245 Å². The number of benzene rings is 3. The van der Waals surface area contributed by atoms with Gasteiger partial charge in [0, 0.05) is 29.8 Å². The predicted octanol–water partition coefficient (Wildman–Crippen LogP) is 5.24. The molecule has 0 bridgehead atoms. The van der Waals surface area contributed by atoms with Crippen LogP contribution in [0.15, 0.2) is 72.8 Å². The molecule has 0 aromatic heterocycles. The average molecular weight is 572 g/mol. The molecule has 0 spiro atoms. The number of anilines is 1. The predicted molar refractivity (Wildman–Crippen MR) is 158 cm³/mol. The van der Waals surface area contributed by atoms with Gasteiger partial charge in [-0.1, -0.05) is 43.2 Å². The summed E-state index contributed by atoms with van der Waals surface area (Å²) in [5.74, 6) is 2.03. The Kier molecular flexibility index (Phi) is 8.58. The maximum absolute atomic E-state index is 12.9. The molecule has 220 valence electrons. The van der Waals surface area contributed by atoms with Gasteiger partial charge in [0.15, 0.2) is 0 Å². The lowest BCUT2D eigenvalue weighted by Crippen LogP contribution is -2.47. The van der Waals surface area contributed by atoms with E-state index in [-0.39, 0.29) is 49.1 Å². The van der Waals surface area contributed by atoms with Gasteiger partial charge >= 0.3 is 6.03 Å². The van der Waals surface area contributed by atoms with Gasteiger partial charge in [-0.25, -0.2) is 4.79 Å². The number of amides is 3. The lowest BCUT2D eigenvalue weighted by atomic mass is 9.84. The zero-order valence-electron chi connectivity index (χ0n) is 23.5. The summed E-state index contributed by atoms with van der Waals surface area (Å²) >= 11 is 0. The first-order valence-corrected chi connectivity index (χ1v) is 14.8. The first kappa shape index (κ1) is 28.1. The van der Waals surface area contributed by atoms with Crippen LogP contribution in [0.4, 0.5) is 10.5 Å². The molecule has 2 heterocycles. The van der Waals surface area contributed by atoms with Crippen LogP contribution in [0.2, 0.25) is 0 Å². The van der Waals surface area contributed by atoms with Gasteiger partial charge in [-0.15, -0.1) is 0 Å². The van der Waals surface area contributed by atoms with E-state index >= 15 is 0 Å². The number of rotatable bonds is 9. The van der Waals surface area contributed by atoms with Gasteiger partial charge in [0.25, 0.3) is 0 Å². The number of hydrogen-bond acceptors (Lipinski definition) is 6. The van der Waals surface area contributed by atoms with Crippen molar-refractivity contribution in [3.8, 4) is 17.2 Å². The molecule has 3 aromatic rings. The van der Waals surface area contributed by atoms with Crippen molar-refractivity contribution in [3.63, 3.8) is 0 Å². The summed E-state index contributed by atoms with van der Waals surface area (Å²) in [5, 5.41) is 19.0. The van der Waals surface area contributed by atoms with E-state index in [0.717, 1.165) is 54.1 Å². The summed E-state index contributed by atoms with van der Waals surface area (Å²) in [4.78, 5) is 25.4. The van der Waals surface area contributed by atoms with Gasteiger partial charge < -0.3 is 35.3 Å². The second kappa shape index (κ2) is 12.8. The van der Waals surface area contributed by atoms with Crippen molar-refractivity contribution in [2.45, 2.75) is 75.3 Å². The van der Waals surface area contributed by atoms with Gasteiger partial charge in [0.1, 0.15) is 29.5 Å². The first-order valence-electron chi connectivity index (χ1n) is 14.8. The third-order valence-corrected chi connectivity index (χ3v) is 8.25.